The molecule has 2 atom stereocenters. The first-order valence-electron chi connectivity index (χ1n) is 14.1. The van der Waals surface area contributed by atoms with Gasteiger partial charge in [-0.05, 0) is 71.2 Å². The third-order valence-corrected chi connectivity index (χ3v) is 8.04. The maximum Gasteiger partial charge on any atom is 0.217 e. The van der Waals surface area contributed by atoms with Gasteiger partial charge in [-0.15, -0.1) is 0 Å². The lowest BCUT2D eigenvalue weighted by Gasteiger charge is -2.39. The summed E-state index contributed by atoms with van der Waals surface area (Å²) >= 11 is 0. The maximum absolute atomic E-state index is 13.1. The number of nitrogens with zero attached hydrogens (tertiary/aromatic N) is 1. The molecule has 4 heteroatoms. The smallest absolute Gasteiger partial charge is 0.217 e. The topological polar surface area (TPSA) is 54.4 Å². The summed E-state index contributed by atoms with van der Waals surface area (Å²) in [6, 6.07) is 43.5. The summed E-state index contributed by atoms with van der Waals surface area (Å²) in [6.07, 6.45) is 0.488. The second-order valence-corrected chi connectivity index (χ2v) is 10.5. The van der Waals surface area contributed by atoms with E-state index in [1.165, 1.54) is 0 Å². The molecule has 1 heterocycles. The number of hydrogen-bond acceptors (Lipinski definition) is 4. The largest absolute Gasteiger partial charge is 0.481 e. The highest BCUT2D eigenvalue weighted by molar-refractivity contribution is 5.88. The Bertz CT molecular complexity index is 1780. The van der Waals surface area contributed by atoms with Gasteiger partial charge in [0.25, 0.3) is 0 Å². The maximum atomic E-state index is 13.1. The zero-order chi connectivity index (χ0) is 28.2. The molecule has 0 saturated heterocycles. The molecule has 0 aliphatic heterocycles. The van der Waals surface area contributed by atoms with Gasteiger partial charge in [0.05, 0.1) is 12.6 Å². The molecule has 6 aromatic rings. The molecule has 5 aromatic carbocycles. The summed E-state index contributed by atoms with van der Waals surface area (Å²) in [6.45, 7) is 0.629. The Hall–Kier alpha value is -4.51. The molecule has 0 spiro atoms. The molecule has 0 bridgehead atoms. The zero-order valence-corrected chi connectivity index (χ0v) is 23.4. The summed E-state index contributed by atoms with van der Waals surface area (Å²) in [5.41, 5.74) is 4.58. The SMILES string of the molecule is CNCC[C@@](O)(c1cccc2ccccc12)[C@H](c1ccccc1)c1cc2cc(-c3ccccc3)ccc2nc1OC. The predicted octanol–water partition coefficient (Wildman–Crippen LogP) is 7.69. The van der Waals surface area contributed by atoms with Gasteiger partial charge < -0.3 is 15.2 Å². The van der Waals surface area contributed by atoms with E-state index in [0.717, 1.165) is 49.5 Å². The molecule has 0 radical (unpaired) electrons. The molecule has 0 unspecified atom stereocenters. The minimum atomic E-state index is -1.27. The van der Waals surface area contributed by atoms with Crippen LogP contribution in [-0.4, -0.2) is 30.8 Å². The van der Waals surface area contributed by atoms with Crippen LogP contribution >= 0.6 is 0 Å². The van der Waals surface area contributed by atoms with Crippen LogP contribution in [0, 0.1) is 0 Å². The first-order chi connectivity index (χ1) is 20.1. The van der Waals surface area contributed by atoms with Crippen LogP contribution in [0.15, 0.2) is 127 Å². The number of fused-ring (bicyclic) bond motifs is 2. The van der Waals surface area contributed by atoms with Gasteiger partial charge in [-0.25, -0.2) is 4.98 Å². The Morgan fingerprint density at radius 1 is 0.756 bits per heavy atom. The first kappa shape index (κ1) is 26.7. The van der Waals surface area contributed by atoms with Crippen molar-refractivity contribution in [3.63, 3.8) is 0 Å². The van der Waals surface area contributed by atoms with Crippen molar-refractivity contribution in [2.75, 3.05) is 20.7 Å². The number of hydrogen-bond donors (Lipinski definition) is 2. The van der Waals surface area contributed by atoms with E-state index < -0.39 is 11.5 Å². The molecule has 0 aliphatic carbocycles. The molecule has 1 aromatic heterocycles. The number of nitrogens with one attached hydrogen (secondary N) is 1. The van der Waals surface area contributed by atoms with Crippen LogP contribution in [0.2, 0.25) is 0 Å². The molecule has 0 fully saturated rings. The average molecular weight is 539 g/mol. The average Bonchev–Trinajstić information content (AvgIpc) is 3.04. The van der Waals surface area contributed by atoms with Crippen LogP contribution in [-0.2, 0) is 5.60 Å². The monoisotopic (exact) mass is 538 g/mol. The van der Waals surface area contributed by atoms with E-state index in [1.807, 2.05) is 55.6 Å². The van der Waals surface area contributed by atoms with Gasteiger partial charge in [0.15, 0.2) is 0 Å². The normalized spacial score (nSPS) is 13.6. The first-order valence-corrected chi connectivity index (χ1v) is 14.1. The highest BCUT2D eigenvalue weighted by atomic mass is 16.5. The van der Waals surface area contributed by atoms with Gasteiger partial charge in [0.1, 0.15) is 5.60 Å². The fraction of sp³-hybridized carbons (Fsp3) is 0.162. The summed E-state index contributed by atoms with van der Waals surface area (Å²) in [4.78, 5) is 4.98. The summed E-state index contributed by atoms with van der Waals surface area (Å²) in [5, 5.41) is 19.5. The van der Waals surface area contributed by atoms with E-state index in [4.69, 9.17) is 9.72 Å². The summed E-state index contributed by atoms with van der Waals surface area (Å²) in [5.74, 6) is 0.0667. The Labute approximate surface area is 241 Å². The number of aromatic nitrogens is 1. The van der Waals surface area contributed by atoms with E-state index >= 15 is 0 Å². The number of rotatable bonds is 9. The van der Waals surface area contributed by atoms with Crippen LogP contribution in [0.25, 0.3) is 32.8 Å². The van der Waals surface area contributed by atoms with Crippen molar-refractivity contribution < 1.29 is 9.84 Å². The van der Waals surface area contributed by atoms with Crippen molar-refractivity contribution in [2.45, 2.75) is 17.9 Å². The van der Waals surface area contributed by atoms with Crippen molar-refractivity contribution in [3.05, 3.63) is 144 Å². The van der Waals surface area contributed by atoms with Gasteiger partial charge in [0, 0.05) is 16.9 Å². The summed E-state index contributed by atoms with van der Waals surface area (Å²) < 4.78 is 5.96. The molecule has 0 aliphatic rings. The molecule has 0 saturated carbocycles. The number of ether oxygens (including phenoxy) is 1. The lowest BCUT2D eigenvalue weighted by Crippen LogP contribution is -2.37. The Kier molecular flexibility index (Phi) is 7.51. The Balaban J connectivity index is 1.63. The van der Waals surface area contributed by atoms with E-state index in [1.54, 1.807) is 7.11 Å². The minimum absolute atomic E-state index is 0.449. The fourth-order valence-electron chi connectivity index (χ4n) is 6.07. The number of aliphatic hydroxyl groups is 1. The van der Waals surface area contributed by atoms with E-state index in [-0.39, 0.29) is 0 Å². The highest BCUT2D eigenvalue weighted by Gasteiger charge is 2.43. The quantitative estimate of drug-likeness (QED) is 0.198. The van der Waals surface area contributed by atoms with E-state index in [2.05, 4.69) is 84.2 Å². The Morgan fingerprint density at radius 2 is 1.46 bits per heavy atom. The van der Waals surface area contributed by atoms with Crippen LogP contribution < -0.4 is 10.1 Å². The van der Waals surface area contributed by atoms with E-state index in [0.29, 0.717) is 18.8 Å². The third kappa shape index (κ3) is 5.08. The van der Waals surface area contributed by atoms with Gasteiger partial charge in [-0.2, -0.15) is 0 Å². The third-order valence-electron chi connectivity index (χ3n) is 8.04. The van der Waals surface area contributed by atoms with Crippen molar-refractivity contribution in [1.29, 1.82) is 0 Å². The lowest BCUT2D eigenvalue weighted by atomic mass is 9.70. The molecule has 2 N–H and O–H groups in total. The highest BCUT2D eigenvalue weighted by Crippen LogP contribution is 2.48. The standard InChI is InChI=1S/C37H34N2O2/c1-38-23-22-37(40,33-19-11-17-27-14-9-10-18-31(27)33)35(28-15-7-4-8-16-28)32-25-30-24-29(26-12-5-3-6-13-26)20-21-34(30)39-36(32)41-2/h3-21,24-25,35,38,40H,22-23H2,1-2H3/t35-,37-/m1/s1. The molecule has 204 valence electrons. The van der Waals surface area contributed by atoms with Gasteiger partial charge in [-0.3, -0.25) is 0 Å². The molecule has 6 rings (SSSR count). The van der Waals surface area contributed by atoms with Crippen molar-refractivity contribution in [2.24, 2.45) is 0 Å². The second kappa shape index (κ2) is 11.5. The van der Waals surface area contributed by atoms with Crippen LogP contribution in [0.1, 0.15) is 29.0 Å². The zero-order valence-electron chi connectivity index (χ0n) is 23.4. The molecule has 4 nitrogen and oxygen atoms in total. The number of benzene rings is 5. The van der Waals surface area contributed by atoms with Crippen molar-refractivity contribution in [3.8, 4) is 17.0 Å². The predicted molar refractivity (Wildman–Crippen MR) is 168 cm³/mol. The second-order valence-electron chi connectivity index (χ2n) is 10.5. The van der Waals surface area contributed by atoms with Gasteiger partial charge >= 0.3 is 0 Å². The van der Waals surface area contributed by atoms with Crippen LogP contribution in [0.5, 0.6) is 5.88 Å². The molecular formula is C37H34N2O2. The Morgan fingerprint density at radius 3 is 2.22 bits per heavy atom. The molecule has 41 heavy (non-hydrogen) atoms. The fourth-order valence-corrected chi connectivity index (χ4v) is 6.07. The van der Waals surface area contributed by atoms with Crippen LogP contribution in [0.4, 0.5) is 0 Å². The molecule has 0 amide bonds. The minimum Gasteiger partial charge on any atom is -0.481 e. The number of pyridine rings is 1. The van der Waals surface area contributed by atoms with Gasteiger partial charge in [-0.1, -0.05) is 109 Å². The van der Waals surface area contributed by atoms with E-state index in [9.17, 15) is 5.11 Å². The van der Waals surface area contributed by atoms with Crippen molar-refractivity contribution >= 4 is 21.7 Å². The number of methoxy groups -OCH3 is 1. The lowest BCUT2D eigenvalue weighted by molar-refractivity contribution is 0.0118. The summed E-state index contributed by atoms with van der Waals surface area (Å²) in [7, 11) is 3.58. The van der Waals surface area contributed by atoms with Gasteiger partial charge in [0.2, 0.25) is 5.88 Å². The van der Waals surface area contributed by atoms with Crippen LogP contribution in [0.3, 0.4) is 0 Å². The van der Waals surface area contributed by atoms with Crippen molar-refractivity contribution in [1.82, 2.24) is 10.3 Å². The molecular weight excluding hydrogens is 504 g/mol.